The zero-order valence-electron chi connectivity index (χ0n) is 18.5. The number of likely N-dealkylation sites (tertiary alicyclic amines) is 1. The maximum absolute atomic E-state index is 13.6. The van der Waals surface area contributed by atoms with Crippen LogP contribution in [0.3, 0.4) is 0 Å². The summed E-state index contributed by atoms with van der Waals surface area (Å²) in [4.78, 5) is 39.8. The third-order valence-electron chi connectivity index (χ3n) is 5.90. The summed E-state index contributed by atoms with van der Waals surface area (Å²) in [5.41, 5.74) is 3.14. The quantitative estimate of drug-likeness (QED) is 0.517. The highest BCUT2D eigenvalue weighted by atomic mass is 19.1. The van der Waals surface area contributed by atoms with Crippen LogP contribution in [0.2, 0.25) is 0 Å². The summed E-state index contributed by atoms with van der Waals surface area (Å²) >= 11 is 0. The molecule has 0 saturated carbocycles. The SMILES string of the molecule is CCOC(=O)C1CCCN(C(=O)c2c(C)c(C(C)=O)c(C)n2Cc2ccc(F)cc2)C1. The van der Waals surface area contributed by atoms with Gasteiger partial charge in [-0.1, -0.05) is 12.1 Å². The number of carbonyl (C=O) groups excluding carboxylic acids is 3. The zero-order chi connectivity index (χ0) is 22.7. The number of amides is 1. The lowest BCUT2D eigenvalue weighted by atomic mass is 9.97. The number of aromatic nitrogens is 1. The average Bonchev–Trinajstić information content (AvgIpc) is 2.99. The van der Waals surface area contributed by atoms with Crippen LogP contribution >= 0.6 is 0 Å². The van der Waals surface area contributed by atoms with E-state index in [1.54, 1.807) is 30.9 Å². The number of rotatable bonds is 6. The molecule has 2 aromatic rings. The molecule has 1 amide bonds. The van der Waals surface area contributed by atoms with Gasteiger partial charge in [-0.25, -0.2) is 4.39 Å². The van der Waals surface area contributed by atoms with E-state index in [0.29, 0.717) is 61.6 Å². The molecule has 0 N–H and O–H groups in total. The molecule has 31 heavy (non-hydrogen) atoms. The summed E-state index contributed by atoms with van der Waals surface area (Å²) in [6.45, 7) is 8.36. The van der Waals surface area contributed by atoms with Crippen molar-refractivity contribution in [3.63, 3.8) is 0 Å². The van der Waals surface area contributed by atoms with Gasteiger partial charge < -0.3 is 14.2 Å². The third kappa shape index (κ3) is 4.70. The smallest absolute Gasteiger partial charge is 0.310 e. The molecule has 0 aliphatic carbocycles. The Labute approximate surface area is 182 Å². The first-order chi connectivity index (χ1) is 14.7. The monoisotopic (exact) mass is 428 g/mol. The summed E-state index contributed by atoms with van der Waals surface area (Å²) in [6.07, 6.45) is 1.40. The predicted octanol–water partition coefficient (Wildman–Crippen LogP) is 3.91. The van der Waals surface area contributed by atoms with E-state index in [4.69, 9.17) is 4.74 Å². The van der Waals surface area contributed by atoms with Gasteiger partial charge in [-0.05, 0) is 63.8 Å². The molecule has 1 unspecified atom stereocenters. The van der Waals surface area contributed by atoms with Crippen molar-refractivity contribution in [3.05, 3.63) is 58.2 Å². The van der Waals surface area contributed by atoms with Gasteiger partial charge in [-0.3, -0.25) is 14.4 Å². The molecule has 166 valence electrons. The van der Waals surface area contributed by atoms with Gasteiger partial charge >= 0.3 is 5.97 Å². The molecule has 1 saturated heterocycles. The number of benzene rings is 1. The van der Waals surface area contributed by atoms with Crippen LogP contribution in [0.5, 0.6) is 0 Å². The molecular weight excluding hydrogens is 399 g/mol. The van der Waals surface area contributed by atoms with Crippen molar-refractivity contribution < 1.29 is 23.5 Å². The van der Waals surface area contributed by atoms with Gasteiger partial charge in [0, 0.05) is 30.9 Å². The summed E-state index contributed by atoms with van der Waals surface area (Å²) < 4.78 is 20.3. The summed E-state index contributed by atoms with van der Waals surface area (Å²) in [6, 6.07) is 6.10. The average molecular weight is 429 g/mol. The molecule has 1 aliphatic heterocycles. The Balaban J connectivity index is 1.97. The number of hydrogen-bond donors (Lipinski definition) is 0. The van der Waals surface area contributed by atoms with Crippen LogP contribution in [-0.4, -0.2) is 46.8 Å². The highest BCUT2D eigenvalue weighted by Crippen LogP contribution is 2.27. The fourth-order valence-corrected chi connectivity index (χ4v) is 4.42. The van der Waals surface area contributed by atoms with Crippen LogP contribution in [0.25, 0.3) is 0 Å². The number of esters is 1. The van der Waals surface area contributed by atoms with Crippen molar-refractivity contribution in [3.8, 4) is 0 Å². The van der Waals surface area contributed by atoms with E-state index in [1.807, 2.05) is 11.5 Å². The maximum atomic E-state index is 13.6. The van der Waals surface area contributed by atoms with Crippen molar-refractivity contribution in [2.24, 2.45) is 5.92 Å². The Morgan fingerprint density at radius 2 is 1.84 bits per heavy atom. The van der Waals surface area contributed by atoms with Crippen LogP contribution in [0.1, 0.15) is 64.4 Å². The molecular formula is C24H29FN2O4. The van der Waals surface area contributed by atoms with E-state index in [0.717, 1.165) is 5.56 Å². The first-order valence-corrected chi connectivity index (χ1v) is 10.7. The fourth-order valence-electron chi connectivity index (χ4n) is 4.42. The number of Topliss-reactive ketones (excluding diaryl/α,β-unsaturated/α-hetero) is 1. The summed E-state index contributed by atoms with van der Waals surface area (Å²) in [7, 11) is 0. The van der Waals surface area contributed by atoms with Crippen LogP contribution < -0.4 is 0 Å². The lowest BCUT2D eigenvalue weighted by Crippen LogP contribution is -2.43. The molecule has 1 atom stereocenters. The molecule has 0 spiro atoms. The largest absolute Gasteiger partial charge is 0.466 e. The third-order valence-corrected chi connectivity index (χ3v) is 5.90. The molecule has 1 aromatic heterocycles. The van der Waals surface area contributed by atoms with Crippen LogP contribution in [-0.2, 0) is 16.1 Å². The number of ketones is 1. The lowest BCUT2D eigenvalue weighted by Gasteiger charge is -2.32. The van der Waals surface area contributed by atoms with Gasteiger partial charge in [0.2, 0.25) is 0 Å². The minimum atomic E-state index is -0.341. The number of piperidine rings is 1. The van der Waals surface area contributed by atoms with E-state index >= 15 is 0 Å². The molecule has 0 bridgehead atoms. The second-order valence-corrected chi connectivity index (χ2v) is 8.05. The Morgan fingerprint density at radius 1 is 1.16 bits per heavy atom. The van der Waals surface area contributed by atoms with Gasteiger partial charge in [0.1, 0.15) is 11.5 Å². The molecule has 3 rings (SSSR count). The first kappa shape index (κ1) is 22.7. The molecule has 6 nitrogen and oxygen atoms in total. The minimum absolute atomic E-state index is 0.107. The van der Waals surface area contributed by atoms with E-state index in [2.05, 4.69) is 0 Å². The van der Waals surface area contributed by atoms with E-state index in [1.165, 1.54) is 19.1 Å². The van der Waals surface area contributed by atoms with Crippen molar-refractivity contribution >= 4 is 17.7 Å². The Hall–Kier alpha value is -2.96. The standard InChI is InChI=1S/C24H29FN2O4/c1-5-31-24(30)19-7-6-12-26(14-19)23(29)22-15(2)21(17(4)28)16(3)27(22)13-18-8-10-20(25)11-9-18/h8-11,19H,5-7,12-14H2,1-4H3. The summed E-state index contributed by atoms with van der Waals surface area (Å²) in [5, 5.41) is 0. The van der Waals surface area contributed by atoms with E-state index in [9.17, 15) is 18.8 Å². The fraction of sp³-hybridized carbons (Fsp3) is 0.458. The normalized spacial score (nSPS) is 16.3. The van der Waals surface area contributed by atoms with Crippen LogP contribution in [0, 0.1) is 25.6 Å². The van der Waals surface area contributed by atoms with E-state index in [-0.39, 0.29) is 29.4 Å². The van der Waals surface area contributed by atoms with Gasteiger partial charge in [0.05, 0.1) is 12.5 Å². The molecule has 0 radical (unpaired) electrons. The highest BCUT2D eigenvalue weighted by Gasteiger charge is 2.33. The number of nitrogens with zero attached hydrogens (tertiary/aromatic N) is 2. The summed E-state index contributed by atoms with van der Waals surface area (Å²) in [5.74, 6) is -1.26. The predicted molar refractivity (Wildman–Crippen MR) is 115 cm³/mol. The van der Waals surface area contributed by atoms with E-state index < -0.39 is 0 Å². The molecule has 1 aliphatic rings. The topological polar surface area (TPSA) is 68.6 Å². The highest BCUT2D eigenvalue weighted by molar-refractivity contribution is 6.03. The second kappa shape index (κ2) is 9.45. The molecule has 7 heteroatoms. The van der Waals surface area contributed by atoms with Crippen LogP contribution in [0.15, 0.2) is 24.3 Å². The van der Waals surface area contributed by atoms with Crippen LogP contribution in [0.4, 0.5) is 4.39 Å². The number of halogens is 1. The van der Waals surface area contributed by atoms with Crippen molar-refractivity contribution in [1.82, 2.24) is 9.47 Å². The zero-order valence-corrected chi connectivity index (χ0v) is 18.5. The van der Waals surface area contributed by atoms with Gasteiger partial charge in [-0.15, -0.1) is 0 Å². The molecule has 2 heterocycles. The Morgan fingerprint density at radius 3 is 2.45 bits per heavy atom. The van der Waals surface area contributed by atoms with Crippen molar-refractivity contribution in [2.75, 3.05) is 19.7 Å². The van der Waals surface area contributed by atoms with Crippen molar-refractivity contribution in [1.29, 1.82) is 0 Å². The minimum Gasteiger partial charge on any atom is -0.466 e. The molecule has 1 aromatic carbocycles. The lowest BCUT2D eigenvalue weighted by molar-refractivity contribution is -0.149. The Kier molecular flexibility index (Phi) is 6.93. The first-order valence-electron chi connectivity index (χ1n) is 10.7. The molecule has 1 fully saturated rings. The number of ether oxygens (including phenoxy) is 1. The van der Waals surface area contributed by atoms with Gasteiger partial charge in [0.25, 0.3) is 5.91 Å². The van der Waals surface area contributed by atoms with Gasteiger partial charge in [-0.2, -0.15) is 0 Å². The Bertz CT molecular complexity index is 994. The maximum Gasteiger partial charge on any atom is 0.310 e. The second-order valence-electron chi connectivity index (χ2n) is 8.05. The number of carbonyl (C=O) groups is 3. The van der Waals surface area contributed by atoms with Gasteiger partial charge in [0.15, 0.2) is 5.78 Å². The number of hydrogen-bond acceptors (Lipinski definition) is 4. The van der Waals surface area contributed by atoms with Crippen molar-refractivity contribution in [2.45, 2.75) is 47.1 Å².